The molecule has 2 heteroatoms. The molecule has 0 fully saturated rings. The van der Waals surface area contributed by atoms with Crippen molar-refractivity contribution in [1.29, 1.82) is 0 Å². The number of aryl methyl sites for hydroxylation is 1. The van der Waals surface area contributed by atoms with Crippen LogP contribution in [0.4, 0.5) is 0 Å². The van der Waals surface area contributed by atoms with Gasteiger partial charge in [-0.25, -0.2) is 0 Å². The Morgan fingerprint density at radius 1 is 1.71 bits per heavy atom. The average molecular weight is 279 g/mol. The van der Waals surface area contributed by atoms with Gasteiger partial charge in [0.2, 0.25) is 0 Å². The van der Waals surface area contributed by atoms with Crippen LogP contribution in [0.3, 0.4) is 0 Å². The van der Waals surface area contributed by atoms with Gasteiger partial charge in [0, 0.05) is 0 Å². The molecule has 0 unspecified atom stereocenters. The van der Waals surface area contributed by atoms with E-state index in [0.29, 0.717) is 14.5 Å². The van der Waals surface area contributed by atoms with Crippen molar-refractivity contribution in [2.75, 3.05) is 0 Å². The van der Waals surface area contributed by atoms with Crippen LogP contribution in [-0.2, 0) is 0 Å². The van der Waals surface area contributed by atoms with E-state index in [2.05, 4.69) is 24.0 Å². The van der Waals surface area contributed by atoms with E-state index in [1.807, 2.05) is 0 Å². The summed E-state index contributed by atoms with van der Waals surface area (Å²) < 4.78 is 1.53. The summed E-state index contributed by atoms with van der Waals surface area (Å²) in [6, 6.07) is 4.29. The fourth-order valence-electron chi connectivity index (χ4n) is 0.361. The molecule has 0 aliphatic heterocycles. The van der Waals surface area contributed by atoms with E-state index in [0.717, 1.165) is 0 Å². The first-order valence-corrected chi connectivity index (χ1v) is 3.74. The van der Waals surface area contributed by atoms with Crippen molar-refractivity contribution in [2.24, 2.45) is 0 Å². The summed E-state index contributed by atoms with van der Waals surface area (Å²) >= 11 is 0.708. The van der Waals surface area contributed by atoms with Gasteiger partial charge in [-0.05, 0) is 0 Å². The summed E-state index contributed by atoms with van der Waals surface area (Å²) in [5, 5.41) is 0. The van der Waals surface area contributed by atoms with Crippen LogP contribution >= 0.6 is 0 Å². The minimum absolute atomic E-state index is 0. The predicted molar refractivity (Wildman–Crippen MR) is 29.2 cm³/mol. The molecule has 7 heavy (non-hydrogen) atoms. The van der Waals surface area contributed by atoms with Crippen molar-refractivity contribution in [3.05, 3.63) is 21.5 Å². The molecule has 34 valence electrons. The Morgan fingerprint density at radius 3 is 2.57 bits per heavy atom. The van der Waals surface area contributed by atoms with Crippen molar-refractivity contribution >= 4 is 14.5 Å². The van der Waals surface area contributed by atoms with Crippen molar-refractivity contribution < 1.29 is 70.3 Å². The molecular weight excluding hydrogens is 272 g/mol. The monoisotopic (exact) mass is 280 g/mol. The SMILES string of the molecule is Cc1ccc[se]1.[Cs+].[H-]. The van der Waals surface area contributed by atoms with Crippen LogP contribution in [-0.4, -0.2) is 14.5 Å². The Hall–Kier alpha value is 2.05. The number of hydrogen-bond acceptors (Lipinski definition) is 0. The fourth-order valence-corrected chi connectivity index (χ4v) is 1.47. The Kier molecular flexibility index (Phi) is 6.32. The summed E-state index contributed by atoms with van der Waals surface area (Å²) in [7, 11) is 0. The zero-order valence-electron chi connectivity index (χ0n) is 5.64. The van der Waals surface area contributed by atoms with E-state index in [9.17, 15) is 0 Å². The van der Waals surface area contributed by atoms with Gasteiger partial charge in [-0.3, -0.25) is 0 Å². The molecule has 0 nitrogen and oxygen atoms in total. The first kappa shape index (κ1) is 9.05. The second kappa shape index (κ2) is 4.89. The number of rotatable bonds is 0. The summed E-state index contributed by atoms with van der Waals surface area (Å²) in [5.41, 5.74) is 0. The fraction of sp³-hybridized carbons (Fsp3) is 0.200. The molecule has 1 aromatic rings. The molecular formula is C5H7CsSe. The standard InChI is InChI=1S/C5H6Se.Cs.H/c1-5-3-2-4-6-5;;/h2-4H,1H3;;/q;+1;-1. The van der Waals surface area contributed by atoms with Crippen molar-refractivity contribution in [3.8, 4) is 0 Å². The first-order chi connectivity index (χ1) is 2.89. The molecule has 0 bridgehead atoms. The number of hydrogen-bond donors (Lipinski definition) is 0. The van der Waals surface area contributed by atoms with Crippen LogP contribution in [0, 0.1) is 6.92 Å². The van der Waals surface area contributed by atoms with Crippen LogP contribution in [0.25, 0.3) is 0 Å². The van der Waals surface area contributed by atoms with Gasteiger partial charge < -0.3 is 1.43 Å². The van der Waals surface area contributed by atoms with E-state index < -0.39 is 0 Å². The van der Waals surface area contributed by atoms with Crippen molar-refractivity contribution in [3.63, 3.8) is 0 Å². The van der Waals surface area contributed by atoms with E-state index in [1.54, 1.807) is 0 Å². The zero-order chi connectivity index (χ0) is 4.41. The third kappa shape index (κ3) is 3.60. The third-order valence-corrected chi connectivity index (χ3v) is 2.34. The van der Waals surface area contributed by atoms with Gasteiger partial charge in [-0.1, -0.05) is 0 Å². The molecule has 1 aromatic heterocycles. The van der Waals surface area contributed by atoms with Crippen LogP contribution in [0.15, 0.2) is 17.1 Å². The second-order valence-corrected chi connectivity index (χ2v) is 3.64. The van der Waals surface area contributed by atoms with Gasteiger partial charge in [0.05, 0.1) is 0 Å². The quantitative estimate of drug-likeness (QED) is 0.490. The molecule has 0 radical (unpaired) electrons. The van der Waals surface area contributed by atoms with Crippen molar-refractivity contribution in [2.45, 2.75) is 6.92 Å². The largest absolute Gasteiger partial charge is 1.00 e. The summed E-state index contributed by atoms with van der Waals surface area (Å²) in [6.07, 6.45) is 0. The van der Waals surface area contributed by atoms with E-state index in [1.165, 1.54) is 4.44 Å². The maximum atomic E-state index is 2.22. The molecule has 0 spiro atoms. The Bertz CT molecular complexity index is 116. The average Bonchev–Trinajstić information content (AvgIpc) is 1.86. The van der Waals surface area contributed by atoms with Crippen molar-refractivity contribution in [1.82, 2.24) is 0 Å². The van der Waals surface area contributed by atoms with Gasteiger partial charge in [-0.15, -0.1) is 0 Å². The van der Waals surface area contributed by atoms with E-state index in [-0.39, 0.29) is 70.3 Å². The molecule has 0 N–H and O–H groups in total. The van der Waals surface area contributed by atoms with Crippen LogP contribution < -0.4 is 68.9 Å². The van der Waals surface area contributed by atoms with E-state index in [4.69, 9.17) is 0 Å². The zero-order valence-corrected chi connectivity index (χ0v) is 12.6. The predicted octanol–water partition coefficient (Wildman–Crippen LogP) is -1.83. The Balaban J connectivity index is 0. The molecule has 0 saturated carbocycles. The molecule has 1 heterocycles. The maximum Gasteiger partial charge on any atom is 1.00 e. The van der Waals surface area contributed by atoms with Gasteiger partial charge in [0.1, 0.15) is 0 Å². The molecule has 0 aliphatic carbocycles. The second-order valence-electron chi connectivity index (χ2n) is 1.22. The third-order valence-electron chi connectivity index (χ3n) is 0.663. The Morgan fingerprint density at radius 2 is 2.43 bits per heavy atom. The molecule has 0 amide bonds. The Labute approximate surface area is 110 Å². The minimum Gasteiger partial charge on any atom is -1.00 e. The van der Waals surface area contributed by atoms with Gasteiger partial charge in [0.15, 0.2) is 0 Å². The van der Waals surface area contributed by atoms with Crippen LogP contribution in [0.2, 0.25) is 0 Å². The minimum atomic E-state index is 0. The van der Waals surface area contributed by atoms with Gasteiger partial charge in [0.25, 0.3) is 0 Å². The van der Waals surface area contributed by atoms with Crippen LogP contribution in [0.1, 0.15) is 5.86 Å². The summed E-state index contributed by atoms with van der Waals surface area (Å²) in [6.45, 7) is 2.17. The normalized spacial score (nSPS) is 7.57. The molecule has 0 aromatic carbocycles. The smallest absolute Gasteiger partial charge is 1.00 e. The molecule has 1 rings (SSSR count). The topological polar surface area (TPSA) is 0 Å². The molecule has 0 aliphatic rings. The summed E-state index contributed by atoms with van der Waals surface area (Å²) in [4.78, 5) is 2.22. The van der Waals surface area contributed by atoms with Crippen LogP contribution in [0.5, 0.6) is 0 Å². The van der Waals surface area contributed by atoms with Gasteiger partial charge in [-0.2, -0.15) is 0 Å². The molecule has 0 atom stereocenters. The maximum absolute atomic E-state index is 2.22. The summed E-state index contributed by atoms with van der Waals surface area (Å²) in [5.74, 6) is 0. The molecule has 0 saturated heterocycles. The van der Waals surface area contributed by atoms with Gasteiger partial charge >= 0.3 is 112 Å². The first-order valence-electron chi connectivity index (χ1n) is 1.90. The van der Waals surface area contributed by atoms with E-state index >= 15 is 0 Å².